The van der Waals surface area contributed by atoms with E-state index in [0.29, 0.717) is 5.15 Å². The normalized spacial score (nSPS) is 14.3. The number of anilines is 1. The van der Waals surface area contributed by atoms with Crippen LogP contribution in [-0.4, -0.2) is 9.97 Å². The molecule has 3 nitrogen and oxygen atoms in total. The summed E-state index contributed by atoms with van der Waals surface area (Å²) in [4.78, 5) is 8.82. The first kappa shape index (κ1) is 13.8. The summed E-state index contributed by atoms with van der Waals surface area (Å²) in [5.74, 6) is 2.40. The first-order chi connectivity index (χ1) is 9.69. The maximum atomic E-state index is 6.06. The summed E-state index contributed by atoms with van der Waals surface area (Å²) in [6.07, 6.45) is 3.52. The minimum Gasteiger partial charge on any atom is -0.366 e. The van der Waals surface area contributed by atoms with Gasteiger partial charge in [0.15, 0.2) is 0 Å². The van der Waals surface area contributed by atoms with Crippen molar-refractivity contribution in [2.45, 2.75) is 25.8 Å². The highest BCUT2D eigenvalue weighted by molar-refractivity contribution is 9.10. The van der Waals surface area contributed by atoms with Crippen molar-refractivity contribution in [2.75, 3.05) is 5.32 Å². The first-order valence-corrected chi connectivity index (χ1v) is 7.88. The van der Waals surface area contributed by atoms with Crippen LogP contribution in [0.2, 0.25) is 5.15 Å². The fourth-order valence-corrected chi connectivity index (χ4v) is 2.49. The van der Waals surface area contributed by atoms with Crippen molar-refractivity contribution in [1.82, 2.24) is 9.97 Å². The topological polar surface area (TPSA) is 37.8 Å². The van der Waals surface area contributed by atoms with Crippen molar-refractivity contribution in [3.8, 4) is 0 Å². The summed E-state index contributed by atoms with van der Waals surface area (Å²) in [6.45, 7) is 0.726. The molecule has 1 fully saturated rings. The summed E-state index contributed by atoms with van der Waals surface area (Å²) in [7, 11) is 0. The van der Waals surface area contributed by atoms with E-state index in [9.17, 15) is 0 Å². The van der Waals surface area contributed by atoms with Gasteiger partial charge in [-0.25, -0.2) is 9.97 Å². The van der Waals surface area contributed by atoms with E-state index >= 15 is 0 Å². The SMILES string of the molecule is Clc1cc(NCc2ccc(Br)cc2)nc(CC2CC2)n1. The Hall–Kier alpha value is -1.13. The Kier molecular flexibility index (Phi) is 4.22. The average molecular weight is 353 g/mol. The molecular weight excluding hydrogens is 338 g/mol. The number of hydrogen-bond donors (Lipinski definition) is 1. The molecule has 1 N–H and O–H groups in total. The lowest BCUT2D eigenvalue weighted by molar-refractivity contribution is 0.770. The maximum absolute atomic E-state index is 6.06. The van der Waals surface area contributed by atoms with Gasteiger partial charge in [-0.05, 0) is 36.5 Å². The number of hydrogen-bond acceptors (Lipinski definition) is 3. The van der Waals surface area contributed by atoms with Gasteiger partial charge in [0.1, 0.15) is 16.8 Å². The number of halogens is 2. The molecule has 1 aliphatic rings. The van der Waals surface area contributed by atoms with E-state index in [1.165, 1.54) is 18.4 Å². The highest BCUT2D eigenvalue weighted by Crippen LogP contribution is 2.32. The molecule has 20 heavy (non-hydrogen) atoms. The predicted molar refractivity (Wildman–Crippen MR) is 84.9 cm³/mol. The van der Waals surface area contributed by atoms with Gasteiger partial charge in [0.05, 0.1) is 0 Å². The molecular formula is C15H15BrClN3. The second-order valence-corrected chi connectivity index (χ2v) is 6.42. The second kappa shape index (κ2) is 6.10. The monoisotopic (exact) mass is 351 g/mol. The molecule has 0 radical (unpaired) electrons. The van der Waals surface area contributed by atoms with Gasteiger partial charge in [0, 0.05) is 23.5 Å². The Morgan fingerprint density at radius 1 is 1.20 bits per heavy atom. The zero-order valence-corrected chi connectivity index (χ0v) is 13.3. The van der Waals surface area contributed by atoms with Crippen LogP contribution < -0.4 is 5.32 Å². The fourth-order valence-electron chi connectivity index (χ4n) is 2.02. The van der Waals surface area contributed by atoms with E-state index in [-0.39, 0.29) is 0 Å². The Balaban J connectivity index is 1.66. The molecule has 0 saturated heterocycles. The Morgan fingerprint density at radius 2 is 1.95 bits per heavy atom. The van der Waals surface area contributed by atoms with Crippen molar-refractivity contribution in [3.05, 3.63) is 51.3 Å². The van der Waals surface area contributed by atoms with Crippen LogP contribution in [0.15, 0.2) is 34.8 Å². The van der Waals surface area contributed by atoms with Crippen molar-refractivity contribution in [3.63, 3.8) is 0 Å². The van der Waals surface area contributed by atoms with Gasteiger partial charge < -0.3 is 5.32 Å². The molecule has 0 aliphatic heterocycles. The quantitative estimate of drug-likeness (QED) is 0.807. The van der Waals surface area contributed by atoms with Gasteiger partial charge in [0.25, 0.3) is 0 Å². The third kappa shape index (κ3) is 3.93. The molecule has 1 aromatic carbocycles. The Morgan fingerprint density at radius 3 is 2.65 bits per heavy atom. The van der Waals surface area contributed by atoms with Crippen LogP contribution in [0.5, 0.6) is 0 Å². The van der Waals surface area contributed by atoms with Crippen LogP contribution in [0.3, 0.4) is 0 Å². The van der Waals surface area contributed by atoms with E-state index in [0.717, 1.165) is 35.0 Å². The summed E-state index contributed by atoms with van der Waals surface area (Å²) >= 11 is 9.49. The second-order valence-electron chi connectivity index (χ2n) is 5.12. The molecule has 104 valence electrons. The molecule has 1 heterocycles. The number of rotatable bonds is 5. The number of aromatic nitrogens is 2. The van der Waals surface area contributed by atoms with Crippen LogP contribution in [-0.2, 0) is 13.0 Å². The summed E-state index contributed by atoms with van der Waals surface area (Å²) in [5.41, 5.74) is 1.20. The zero-order chi connectivity index (χ0) is 13.9. The third-order valence-corrected chi connectivity index (χ3v) is 4.02. The van der Waals surface area contributed by atoms with Crippen LogP contribution in [0.1, 0.15) is 24.2 Å². The molecule has 0 unspecified atom stereocenters. The molecule has 0 bridgehead atoms. The van der Waals surface area contributed by atoms with Gasteiger partial charge in [-0.3, -0.25) is 0 Å². The van der Waals surface area contributed by atoms with Crippen molar-refractivity contribution in [1.29, 1.82) is 0 Å². The van der Waals surface area contributed by atoms with Crippen molar-refractivity contribution < 1.29 is 0 Å². The lowest BCUT2D eigenvalue weighted by atomic mass is 10.2. The minimum atomic E-state index is 0.508. The number of benzene rings is 1. The summed E-state index contributed by atoms with van der Waals surface area (Å²) in [6, 6.07) is 9.98. The number of nitrogens with zero attached hydrogens (tertiary/aromatic N) is 2. The molecule has 1 saturated carbocycles. The van der Waals surface area contributed by atoms with E-state index < -0.39 is 0 Å². The van der Waals surface area contributed by atoms with Crippen LogP contribution in [0.4, 0.5) is 5.82 Å². The van der Waals surface area contributed by atoms with Crippen LogP contribution >= 0.6 is 27.5 Å². The molecule has 1 aliphatic carbocycles. The molecule has 1 aromatic heterocycles. The lowest BCUT2D eigenvalue weighted by Gasteiger charge is -2.08. The first-order valence-electron chi connectivity index (χ1n) is 6.71. The highest BCUT2D eigenvalue weighted by Gasteiger charge is 2.23. The largest absolute Gasteiger partial charge is 0.366 e. The highest BCUT2D eigenvalue weighted by atomic mass is 79.9. The Labute approximate surface area is 131 Å². The smallest absolute Gasteiger partial charge is 0.134 e. The van der Waals surface area contributed by atoms with Crippen LogP contribution in [0, 0.1) is 5.92 Å². The third-order valence-electron chi connectivity index (χ3n) is 3.30. The molecule has 0 amide bonds. The summed E-state index contributed by atoms with van der Waals surface area (Å²) < 4.78 is 1.08. The fraction of sp³-hybridized carbons (Fsp3) is 0.333. The van der Waals surface area contributed by atoms with Gasteiger partial charge >= 0.3 is 0 Å². The van der Waals surface area contributed by atoms with Gasteiger partial charge in [-0.1, -0.05) is 39.7 Å². The molecule has 0 spiro atoms. The number of nitrogens with one attached hydrogen (secondary N) is 1. The molecule has 5 heteroatoms. The van der Waals surface area contributed by atoms with Gasteiger partial charge in [0.2, 0.25) is 0 Å². The predicted octanol–water partition coefficient (Wildman–Crippen LogP) is 4.46. The van der Waals surface area contributed by atoms with Gasteiger partial charge in [-0.15, -0.1) is 0 Å². The standard InChI is InChI=1S/C15H15BrClN3/c16-12-5-3-11(4-6-12)9-18-14-8-13(17)19-15(20-14)7-10-1-2-10/h3-6,8,10H,1-2,7,9H2,(H,18,19,20). The van der Waals surface area contributed by atoms with Crippen LogP contribution in [0.25, 0.3) is 0 Å². The maximum Gasteiger partial charge on any atom is 0.134 e. The minimum absolute atomic E-state index is 0.508. The molecule has 3 rings (SSSR count). The van der Waals surface area contributed by atoms with E-state index in [2.05, 4.69) is 43.3 Å². The van der Waals surface area contributed by atoms with E-state index in [1.807, 2.05) is 12.1 Å². The average Bonchev–Trinajstić information content (AvgIpc) is 3.21. The Bertz CT molecular complexity index is 597. The summed E-state index contributed by atoms with van der Waals surface area (Å²) in [5, 5.41) is 3.81. The lowest BCUT2D eigenvalue weighted by Crippen LogP contribution is -2.05. The van der Waals surface area contributed by atoms with E-state index in [1.54, 1.807) is 6.07 Å². The molecule has 0 atom stereocenters. The molecule has 2 aromatic rings. The van der Waals surface area contributed by atoms with Crippen molar-refractivity contribution in [2.24, 2.45) is 5.92 Å². The van der Waals surface area contributed by atoms with E-state index in [4.69, 9.17) is 11.6 Å². The zero-order valence-electron chi connectivity index (χ0n) is 10.9. The van der Waals surface area contributed by atoms with Gasteiger partial charge in [-0.2, -0.15) is 0 Å². The van der Waals surface area contributed by atoms with Crippen molar-refractivity contribution >= 4 is 33.3 Å².